The number of amides is 2. The predicted molar refractivity (Wildman–Crippen MR) is 144 cm³/mol. The second-order valence-electron chi connectivity index (χ2n) is 9.24. The Morgan fingerprint density at radius 1 is 1.11 bits per heavy atom. The lowest BCUT2D eigenvalue weighted by atomic mass is 10.0. The highest BCUT2D eigenvalue weighted by molar-refractivity contribution is 6.04. The van der Waals surface area contributed by atoms with Crippen LogP contribution in [0, 0.1) is 6.92 Å². The number of nitrogens with zero attached hydrogens (tertiary/aromatic N) is 1. The minimum Gasteiger partial charge on any atom is -0.492 e. The fraction of sp³-hybridized carbons (Fsp3) is 0.267. The Kier molecular flexibility index (Phi) is 7.74. The molecule has 0 saturated carbocycles. The molecule has 0 aromatic heterocycles. The number of carbonyl (C=O) groups excluding carboxylic acids is 2. The van der Waals surface area contributed by atoms with Crippen LogP contribution in [-0.2, 0) is 9.59 Å². The minimum absolute atomic E-state index is 0.149. The van der Waals surface area contributed by atoms with Gasteiger partial charge in [-0.3, -0.25) is 9.59 Å². The van der Waals surface area contributed by atoms with Crippen molar-refractivity contribution in [3.63, 3.8) is 0 Å². The number of carbonyl (C=O) groups is 2. The van der Waals surface area contributed by atoms with Gasteiger partial charge in [-0.1, -0.05) is 50.2 Å². The van der Waals surface area contributed by atoms with Crippen LogP contribution in [0.4, 0.5) is 11.4 Å². The molecule has 1 atom stereocenters. The molecule has 0 radical (unpaired) electrons. The summed E-state index contributed by atoms with van der Waals surface area (Å²) in [6, 6.07) is 21.2. The van der Waals surface area contributed by atoms with Gasteiger partial charge in [-0.2, -0.15) is 0 Å². The Morgan fingerprint density at radius 2 is 1.89 bits per heavy atom. The van der Waals surface area contributed by atoms with Crippen LogP contribution in [0.25, 0.3) is 6.08 Å². The summed E-state index contributed by atoms with van der Waals surface area (Å²) in [4.78, 5) is 27.1. The number of aryl methyl sites for hydroxylation is 1. The zero-order valence-electron chi connectivity index (χ0n) is 21.2. The second kappa shape index (κ2) is 11.1. The molecule has 3 aromatic carbocycles. The molecular formula is C30H32N2O4. The molecule has 4 rings (SSSR count). The standard InChI is InChI=1S/C30H32N2O4/c1-20(2)24-11-8-23(9-12-24)10-15-29(33)31-25-13-14-28-27(19-25)32(30(34)22(4)36-28)16-17-35-26-7-5-6-21(3)18-26/h5-15,18-20,22H,16-17H2,1-4H3,(H,31,33)/b15-10+. The van der Waals surface area contributed by atoms with Gasteiger partial charge in [0.25, 0.3) is 5.91 Å². The van der Waals surface area contributed by atoms with Crippen molar-refractivity contribution in [2.45, 2.75) is 39.7 Å². The highest BCUT2D eigenvalue weighted by Gasteiger charge is 2.31. The van der Waals surface area contributed by atoms with Gasteiger partial charge in [0, 0.05) is 11.8 Å². The van der Waals surface area contributed by atoms with Gasteiger partial charge in [0.15, 0.2) is 6.10 Å². The summed E-state index contributed by atoms with van der Waals surface area (Å²) >= 11 is 0. The maximum absolute atomic E-state index is 12.9. The van der Waals surface area contributed by atoms with E-state index in [0.717, 1.165) is 16.9 Å². The average molecular weight is 485 g/mol. The maximum atomic E-state index is 12.9. The molecule has 1 heterocycles. The summed E-state index contributed by atoms with van der Waals surface area (Å²) in [5.74, 6) is 1.41. The van der Waals surface area contributed by atoms with Crippen molar-refractivity contribution in [2.75, 3.05) is 23.4 Å². The number of hydrogen-bond acceptors (Lipinski definition) is 4. The first-order valence-electron chi connectivity index (χ1n) is 12.2. The maximum Gasteiger partial charge on any atom is 0.267 e. The van der Waals surface area contributed by atoms with Gasteiger partial charge < -0.3 is 19.7 Å². The van der Waals surface area contributed by atoms with Crippen LogP contribution < -0.4 is 19.7 Å². The van der Waals surface area contributed by atoms with Crippen LogP contribution in [0.2, 0.25) is 0 Å². The molecule has 0 spiro atoms. The minimum atomic E-state index is -0.595. The molecule has 6 heteroatoms. The first-order valence-corrected chi connectivity index (χ1v) is 12.2. The van der Waals surface area contributed by atoms with E-state index in [-0.39, 0.29) is 11.8 Å². The monoisotopic (exact) mass is 484 g/mol. The lowest BCUT2D eigenvalue weighted by Crippen LogP contribution is -2.46. The van der Waals surface area contributed by atoms with Crippen molar-refractivity contribution >= 4 is 29.3 Å². The Labute approximate surface area is 212 Å². The molecule has 3 aromatic rings. The van der Waals surface area contributed by atoms with Gasteiger partial charge >= 0.3 is 0 Å². The van der Waals surface area contributed by atoms with Crippen molar-refractivity contribution in [3.8, 4) is 11.5 Å². The van der Waals surface area contributed by atoms with E-state index >= 15 is 0 Å². The molecule has 6 nitrogen and oxygen atoms in total. The van der Waals surface area contributed by atoms with Crippen LogP contribution in [-0.4, -0.2) is 31.1 Å². The smallest absolute Gasteiger partial charge is 0.267 e. The summed E-state index contributed by atoms with van der Waals surface area (Å²) in [6.07, 6.45) is 2.68. The SMILES string of the molecule is Cc1cccc(OCCN2C(=O)C(C)Oc3ccc(NC(=O)/C=C/c4ccc(C(C)C)cc4)cc32)c1. The zero-order valence-corrected chi connectivity index (χ0v) is 21.2. The molecule has 1 aliphatic heterocycles. The molecule has 1 N–H and O–H groups in total. The molecule has 0 aliphatic carbocycles. The summed E-state index contributed by atoms with van der Waals surface area (Å²) < 4.78 is 11.7. The van der Waals surface area contributed by atoms with Crippen LogP contribution in [0.1, 0.15) is 43.4 Å². The summed E-state index contributed by atoms with van der Waals surface area (Å²) in [6.45, 7) is 8.72. The fourth-order valence-corrected chi connectivity index (χ4v) is 4.02. The van der Waals surface area contributed by atoms with Crippen LogP contribution in [0.15, 0.2) is 72.8 Å². The van der Waals surface area contributed by atoms with Gasteiger partial charge in [-0.05, 0) is 72.9 Å². The Morgan fingerprint density at radius 3 is 2.61 bits per heavy atom. The van der Waals surface area contributed by atoms with Crippen molar-refractivity contribution in [1.82, 2.24) is 0 Å². The molecule has 1 unspecified atom stereocenters. The normalized spacial score (nSPS) is 15.1. The van der Waals surface area contributed by atoms with Gasteiger partial charge in [-0.15, -0.1) is 0 Å². The largest absolute Gasteiger partial charge is 0.492 e. The second-order valence-corrected chi connectivity index (χ2v) is 9.24. The van der Waals surface area contributed by atoms with Crippen LogP contribution >= 0.6 is 0 Å². The van der Waals surface area contributed by atoms with Gasteiger partial charge in [0.05, 0.1) is 12.2 Å². The van der Waals surface area contributed by atoms with Gasteiger partial charge in [-0.25, -0.2) is 0 Å². The third-order valence-corrected chi connectivity index (χ3v) is 6.04. The van der Waals surface area contributed by atoms with E-state index in [2.05, 4.69) is 31.3 Å². The summed E-state index contributed by atoms with van der Waals surface area (Å²) in [5, 5.41) is 2.88. The molecule has 1 aliphatic rings. The lowest BCUT2D eigenvalue weighted by molar-refractivity contribution is -0.125. The van der Waals surface area contributed by atoms with Crippen LogP contribution in [0.5, 0.6) is 11.5 Å². The van der Waals surface area contributed by atoms with Crippen molar-refractivity contribution in [3.05, 3.63) is 89.5 Å². The summed E-state index contributed by atoms with van der Waals surface area (Å²) in [7, 11) is 0. The van der Waals surface area contributed by atoms with Crippen LogP contribution in [0.3, 0.4) is 0 Å². The van der Waals surface area contributed by atoms with E-state index in [1.807, 2.05) is 43.3 Å². The number of anilines is 2. The Balaban J connectivity index is 1.43. The highest BCUT2D eigenvalue weighted by Crippen LogP contribution is 2.36. The lowest BCUT2D eigenvalue weighted by Gasteiger charge is -2.33. The topological polar surface area (TPSA) is 67.9 Å². The van der Waals surface area contributed by atoms with Gasteiger partial charge in [0.2, 0.25) is 5.91 Å². The van der Waals surface area contributed by atoms with Gasteiger partial charge in [0.1, 0.15) is 18.1 Å². The fourth-order valence-electron chi connectivity index (χ4n) is 4.02. The molecule has 0 fully saturated rings. The van der Waals surface area contributed by atoms with Crippen molar-refractivity contribution in [1.29, 1.82) is 0 Å². The number of rotatable bonds is 8. The van der Waals surface area contributed by atoms with E-state index in [1.54, 1.807) is 36.1 Å². The summed E-state index contributed by atoms with van der Waals surface area (Å²) in [5.41, 5.74) is 4.50. The van der Waals surface area contributed by atoms with E-state index in [0.29, 0.717) is 36.2 Å². The number of nitrogens with one attached hydrogen (secondary N) is 1. The third kappa shape index (κ3) is 6.13. The van der Waals surface area contributed by atoms with E-state index in [9.17, 15) is 9.59 Å². The zero-order chi connectivity index (χ0) is 25.7. The molecule has 186 valence electrons. The Bertz CT molecular complexity index is 1260. The molecule has 0 bridgehead atoms. The first-order chi connectivity index (χ1) is 17.3. The highest BCUT2D eigenvalue weighted by atomic mass is 16.5. The number of benzene rings is 3. The third-order valence-electron chi connectivity index (χ3n) is 6.04. The first kappa shape index (κ1) is 25.0. The number of hydrogen-bond donors (Lipinski definition) is 1. The number of ether oxygens (including phenoxy) is 2. The molecular weight excluding hydrogens is 452 g/mol. The molecule has 0 saturated heterocycles. The Hall–Kier alpha value is -4.06. The van der Waals surface area contributed by atoms with Crippen molar-refractivity contribution < 1.29 is 19.1 Å². The van der Waals surface area contributed by atoms with E-state index in [1.165, 1.54) is 11.6 Å². The van der Waals surface area contributed by atoms with Crippen molar-refractivity contribution in [2.24, 2.45) is 0 Å². The quantitative estimate of drug-likeness (QED) is 0.401. The van der Waals surface area contributed by atoms with E-state index < -0.39 is 6.10 Å². The number of fused-ring (bicyclic) bond motifs is 1. The average Bonchev–Trinajstić information content (AvgIpc) is 2.86. The van der Waals surface area contributed by atoms with E-state index in [4.69, 9.17) is 9.47 Å². The molecule has 36 heavy (non-hydrogen) atoms. The molecule has 2 amide bonds. The predicted octanol–water partition coefficient (Wildman–Crippen LogP) is 5.96.